The topological polar surface area (TPSA) is 8.17 Å². The molecule has 0 N–H and O–H groups in total. The second-order valence-corrected chi connectivity index (χ2v) is 20.5. The molecule has 1 heterocycles. The van der Waals surface area contributed by atoms with Crippen molar-refractivity contribution in [1.82, 2.24) is 4.57 Å². The number of aromatic nitrogens is 1. The minimum Gasteiger partial charge on any atom is -0.310 e. The molecule has 14 rings (SSSR count). The molecule has 0 atom stereocenters. The fourth-order valence-corrected chi connectivity index (χ4v) is 12.2. The standard InChI is InChI=1S/C73H52N2/c1-73(2)67-31-10-8-26-64(67)65-30-16-34-70(72(65)73)75-68-32-11-9-27-66(68)71-63(29-15-33-69(71)75)57-23-12-21-55(47-57)56-22-13-24-60(48-56)74(58-43-39-51(40-44-58)49-17-4-3-5-18-49)59-45-41-52(42-46-59)50-35-37-54(38-36-50)62-28-14-20-53-19-6-7-25-61(53)62/h3-48H,1-2H3. The van der Waals surface area contributed by atoms with E-state index in [4.69, 9.17) is 0 Å². The summed E-state index contributed by atoms with van der Waals surface area (Å²) in [7, 11) is 0. The van der Waals surface area contributed by atoms with Crippen molar-refractivity contribution in [2.24, 2.45) is 0 Å². The van der Waals surface area contributed by atoms with Crippen LogP contribution in [0.3, 0.4) is 0 Å². The molecule has 13 aromatic rings. The van der Waals surface area contributed by atoms with Crippen LogP contribution in [0.1, 0.15) is 25.0 Å². The maximum atomic E-state index is 2.52. The molecule has 0 fully saturated rings. The molecule has 2 nitrogen and oxygen atoms in total. The lowest BCUT2D eigenvalue weighted by Gasteiger charge is -2.26. The van der Waals surface area contributed by atoms with Gasteiger partial charge in [0, 0.05) is 33.2 Å². The molecule has 0 saturated heterocycles. The predicted molar refractivity (Wildman–Crippen MR) is 318 cm³/mol. The molecule has 12 aromatic carbocycles. The summed E-state index contributed by atoms with van der Waals surface area (Å²) in [4.78, 5) is 2.38. The van der Waals surface area contributed by atoms with Crippen molar-refractivity contribution in [1.29, 1.82) is 0 Å². The van der Waals surface area contributed by atoms with Crippen LogP contribution in [-0.4, -0.2) is 4.57 Å². The maximum absolute atomic E-state index is 2.52. The number of hydrogen-bond acceptors (Lipinski definition) is 1. The Bertz CT molecular complexity index is 4290. The molecule has 75 heavy (non-hydrogen) atoms. The zero-order valence-electron chi connectivity index (χ0n) is 42.0. The van der Waals surface area contributed by atoms with Crippen LogP contribution in [0.2, 0.25) is 0 Å². The fourth-order valence-electron chi connectivity index (χ4n) is 12.2. The smallest absolute Gasteiger partial charge is 0.0547 e. The van der Waals surface area contributed by atoms with Gasteiger partial charge in [-0.05, 0) is 149 Å². The lowest BCUT2D eigenvalue weighted by Crippen LogP contribution is -2.17. The number of rotatable bonds is 9. The molecule has 0 unspecified atom stereocenters. The highest BCUT2D eigenvalue weighted by Crippen LogP contribution is 2.52. The van der Waals surface area contributed by atoms with E-state index in [-0.39, 0.29) is 5.41 Å². The molecule has 2 heteroatoms. The van der Waals surface area contributed by atoms with E-state index in [2.05, 4.69) is 302 Å². The van der Waals surface area contributed by atoms with E-state index in [9.17, 15) is 0 Å². The van der Waals surface area contributed by atoms with Gasteiger partial charge < -0.3 is 9.47 Å². The van der Waals surface area contributed by atoms with E-state index in [0.29, 0.717) is 0 Å². The van der Waals surface area contributed by atoms with Gasteiger partial charge in [0.1, 0.15) is 0 Å². The fraction of sp³-hybridized carbons (Fsp3) is 0.0411. The highest BCUT2D eigenvalue weighted by molar-refractivity contribution is 6.16. The number of benzene rings is 12. The van der Waals surface area contributed by atoms with E-state index < -0.39 is 0 Å². The van der Waals surface area contributed by atoms with Crippen LogP contribution >= 0.6 is 0 Å². The number of anilines is 3. The largest absolute Gasteiger partial charge is 0.310 e. The van der Waals surface area contributed by atoms with Gasteiger partial charge in [0.2, 0.25) is 0 Å². The zero-order valence-corrected chi connectivity index (χ0v) is 42.0. The minimum absolute atomic E-state index is 0.155. The number of nitrogens with zero attached hydrogens (tertiary/aromatic N) is 2. The number of hydrogen-bond donors (Lipinski definition) is 0. The molecule has 0 bridgehead atoms. The van der Waals surface area contributed by atoms with Gasteiger partial charge in [0.25, 0.3) is 0 Å². The summed E-state index contributed by atoms with van der Waals surface area (Å²) in [6, 6.07) is 102. The number of para-hydroxylation sites is 1. The first-order chi connectivity index (χ1) is 37.0. The Hall–Kier alpha value is -9.50. The molecular formula is C73H52N2. The number of fused-ring (bicyclic) bond motifs is 7. The Balaban J connectivity index is 0.838. The van der Waals surface area contributed by atoms with Gasteiger partial charge in [-0.25, -0.2) is 0 Å². The van der Waals surface area contributed by atoms with Gasteiger partial charge in [-0.1, -0.05) is 232 Å². The summed E-state index contributed by atoms with van der Waals surface area (Å²) >= 11 is 0. The first kappa shape index (κ1) is 44.2. The van der Waals surface area contributed by atoms with Gasteiger partial charge in [-0.2, -0.15) is 0 Å². The minimum atomic E-state index is -0.155. The van der Waals surface area contributed by atoms with E-state index >= 15 is 0 Å². The third kappa shape index (κ3) is 7.48. The molecule has 0 spiro atoms. The molecular weight excluding hydrogens is 905 g/mol. The van der Waals surface area contributed by atoms with Gasteiger partial charge in [0.15, 0.2) is 0 Å². The monoisotopic (exact) mass is 956 g/mol. The molecule has 354 valence electrons. The molecule has 0 radical (unpaired) electrons. The van der Waals surface area contributed by atoms with E-state index in [1.54, 1.807) is 0 Å². The molecule has 0 aliphatic heterocycles. The lowest BCUT2D eigenvalue weighted by atomic mass is 9.81. The van der Waals surface area contributed by atoms with Gasteiger partial charge >= 0.3 is 0 Å². The quantitative estimate of drug-likeness (QED) is 0.140. The van der Waals surface area contributed by atoms with Crippen LogP contribution in [0.15, 0.2) is 279 Å². The van der Waals surface area contributed by atoms with Crippen molar-refractivity contribution in [3.05, 3.63) is 290 Å². The first-order valence-corrected chi connectivity index (χ1v) is 26.1. The maximum Gasteiger partial charge on any atom is 0.0547 e. The van der Waals surface area contributed by atoms with E-state index in [1.165, 1.54) is 105 Å². The predicted octanol–water partition coefficient (Wildman–Crippen LogP) is 20.0. The third-order valence-electron chi connectivity index (χ3n) is 15.8. The Kier molecular flexibility index (Phi) is 10.6. The van der Waals surface area contributed by atoms with Gasteiger partial charge in [0.05, 0.1) is 16.7 Å². The summed E-state index contributed by atoms with van der Waals surface area (Å²) in [5, 5.41) is 5.04. The van der Waals surface area contributed by atoms with E-state index in [0.717, 1.165) is 28.2 Å². The average molecular weight is 957 g/mol. The Morgan fingerprint density at radius 1 is 0.307 bits per heavy atom. The Morgan fingerprint density at radius 3 is 1.57 bits per heavy atom. The first-order valence-electron chi connectivity index (χ1n) is 26.1. The van der Waals surface area contributed by atoms with Crippen LogP contribution in [0, 0.1) is 0 Å². The van der Waals surface area contributed by atoms with Crippen molar-refractivity contribution in [2.45, 2.75) is 19.3 Å². The Labute approximate surface area is 438 Å². The Morgan fingerprint density at radius 2 is 0.800 bits per heavy atom. The highest BCUT2D eigenvalue weighted by atomic mass is 15.1. The molecule has 0 saturated carbocycles. The second kappa shape index (κ2) is 17.9. The second-order valence-electron chi connectivity index (χ2n) is 20.5. The highest BCUT2D eigenvalue weighted by Gasteiger charge is 2.38. The third-order valence-corrected chi connectivity index (χ3v) is 15.8. The molecule has 1 aliphatic carbocycles. The van der Waals surface area contributed by atoms with Crippen LogP contribution < -0.4 is 4.90 Å². The van der Waals surface area contributed by atoms with Crippen molar-refractivity contribution in [2.75, 3.05) is 4.90 Å². The van der Waals surface area contributed by atoms with Crippen molar-refractivity contribution in [3.8, 4) is 72.4 Å². The normalized spacial score (nSPS) is 12.5. The lowest BCUT2D eigenvalue weighted by molar-refractivity contribution is 0.656. The average Bonchev–Trinajstić information content (AvgIpc) is 4.02. The van der Waals surface area contributed by atoms with E-state index in [1.807, 2.05) is 0 Å². The van der Waals surface area contributed by atoms with Crippen LogP contribution in [0.4, 0.5) is 17.1 Å². The molecule has 1 aromatic heterocycles. The van der Waals surface area contributed by atoms with Crippen LogP contribution in [-0.2, 0) is 5.41 Å². The summed E-state index contributed by atoms with van der Waals surface area (Å²) in [5.41, 5.74) is 24.1. The van der Waals surface area contributed by atoms with Crippen LogP contribution in [0.5, 0.6) is 0 Å². The SMILES string of the molecule is CC1(C)c2ccccc2-c2cccc(-n3c4ccccc4c4c(-c5cccc(-c6cccc(N(c7ccc(-c8ccccc8)cc7)c7ccc(-c8ccc(-c9cccc%10ccccc9%10)cc8)cc7)c6)c5)cccc43)c21. The zero-order chi connectivity index (χ0) is 50.0. The summed E-state index contributed by atoms with van der Waals surface area (Å²) < 4.78 is 2.52. The van der Waals surface area contributed by atoms with Gasteiger partial charge in [-0.3, -0.25) is 0 Å². The van der Waals surface area contributed by atoms with Crippen molar-refractivity contribution >= 4 is 49.6 Å². The van der Waals surface area contributed by atoms with Crippen molar-refractivity contribution in [3.63, 3.8) is 0 Å². The summed E-state index contributed by atoms with van der Waals surface area (Å²) in [5.74, 6) is 0. The van der Waals surface area contributed by atoms with Gasteiger partial charge in [-0.15, -0.1) is 0 Å². The van der Waals surface area contributed by atoms with Crippen LogP contribution in [0.25, 0.3) is 105 Å². The molecule has 1 aliphatic rings. The molecule has 0 amide bonds. The summed E-state index contributed by atoms with van der Waals surface area (Å²) in [6.45, 7) is 4.76. The summed E-state index contributed by atoms with van der Waals surface area (Å²) in [6.07, 6.45) is 0. The van der Waals surface area contributed by atoms with Crippen molar-refractivity contribution < 1.29 is 0 Å².